The number of hydrogen-bond donors (Lipinski definition) is 0. The Morgan fingerprint density at radius 3 is 2.84 bits per heavy atom. The van der Waals surface area contributed by atoms with Gasteiger partial charge in [0.15, 0.2) is 0 Å². The molecule has 0 unspecified atom stereocenters. The van der Waals surface area contributed by atoms with Crippen molar-refractivity contribution in [1.82, 2.24) is 4.90 Å². The second kappa shape index (κ2) is 9.63. The van der Waals surface area contributed by atoms with Crippen LogP contribution >= 0.6 is 11.8 Å². The highest BCUT2D eigenvalue weighted by atomic mass is 32.2. The van der Waals surface area contributed by atoms with Gasteiger partial charge in [-0.1, -0.05) is 37.5 Å². The lowest BCUT2D eigenvalue weighted by atomic mass is 9.85. The van der Waals surface area contributed by atoms with Gasteiger partial charge in [-0.2, -0.15) is 0 Å². The first-order valence-electron chi connectivity index (χ1n) is 9.78. The molecule has 2 aliphatic rings. The van der Waals surface area contributed by atoms with Gasteiger partial charge in [0.25, 0.3) is 0 Å². The van der Waals surface area contributed by atoms with E-state index in [9.17, 15) is 4.79 Å². The lowest BCUT2D eigenvalue weighted by Gasteiger charge is -2.25. The van der Waals surface area contributed by atoms with E-state index in [2.05, 4.69) is 17.0 Å². The number of methoxy groups -OCH3 is 1. The predicted octanol–water partition coefficient (Wildman–Crippen LogP) is 4.54. The zero-order valence-corrected chi connectivity index (χ0v) is 16.2. The van der Waals surface area contributed by atoms with Crippen molar-refractivity contribution in [2.24, 2.45) is 5.92 Å². The molecule has 138 valence electrons. The number of para-hydroxylation sites is 1. The highest BCUT2D eigenvalue weighted by Gasteiger charge is 2.27. The summed E-state index contributed by atoms with van der Waals surface area (Å²) in [5.74, 6) is 3.05. The van der Waals surface area contributed by atoms with Gasteiger partial charge in [-0.25, -0.2) is 0 Å². The number of benzene rings is 1. The van der Waals surface area contributed by atoms with E-state index in [0.717, 1.165) is 50.9 Å². The third-order valence-corrected chi connectivity index (χ3v) is 6.99. The number of Topliss-reactive ketones (excluding diaryl/α,β-unsaturated/α-hetero) is 1. The summed E-state index contributed by atoms with van der Waals surface area (Å²) < 4.78 is 5.47. The zero-order valence-electron chi connectivity index (χ0n) is 15.4. The number of hydrogen-bond acceptors (Lipinski definition) is 4. The van der Waals surface area contributed by atoms with E-state index in [1.807, 2.05) is 23.9 Å². The molecule has 3 nitrogen and oxygen atoms in total. The molecule has 4 heteroatoms. The van der Waals surface area contributed by atoms with E-state index in [0.29, 0.717) is 17.1 Å². The quantitative estimate of drug-likeness (QED) is 0.680. The second-order valence-corrected chi connectivity index (χ2v) is 8.55. The topological polar surface area (TPSA) is 29.5 Å². The number of thioether (sulfide) groups is 1. The van der Waals surface area contributed by atoms with Crippen LogP contribution in [0.5, 0.6) is 5.75 Å². The summed E-state index contributed by atoms with van der Waals surface area (Å²) in [6, 6.07) is 8.31. The minimum absolute atomic E-state index is 0.357. The number of ether oxygens (including phenoxy) is 1. The predicted molar refractivity (Wildman–Crippen MR) is 105 cm³/mol. The molecule has 1 aliphatic carbocycles. The van der Waals surface area contributed by atoms with E-state index in [-0.39, 0.29) is 0 Å². The van der Waals surface area contributed by atoms with Crippen LogP contribution in [0.25, 0.3) is 0 Å². The molecule has 25 heavy (non-hydrogen) atoms. The van der Waals surface area contributed by atoms with Gasteiger partial charge in [-0.15, -0.1) is 11.8 Å². The number of nitrogens with zero attached hydrogens (tertiary/aromatic N) is 1. The van der Waals surface area contributed by atoms with Crippen molar-refractivity contribution in [3.05, 3.63) is 29.8 Å². The molecule has 3 rings (SSSR count). The Balaban J connectivity index is 1.46. The zero-order chi connectivity index (χ0) is 17.5. The third-order valence-electron chi connectivity index (χ3n) is 5.66. The van der Waals surface area contributed by atoms with Crippen LogP contribution in [0, 0.1) is 5.92 Å². The van der Waals surface area contributed by atoms with Gasteiger partial charge in [0.05, 0.1) is 12.5 Å². The molecule has 1 atom stereocenters. The number of aryl methyl sites for hydroxylation is 1. The summed E-state index contributed by atoms with van der Waals surface area (Å²) in [7, 11) is 1.74. The Morgan fingerprint density at radius 1 is 1.24 bits per heavy atom. The molecule has 0 amide bonds. The molecule has 1 heterocycles. The van der Waals surface area contributed by atoms with Crippen LogP contribution in [0.4, 0.5) is 0 Å². The highest BCUT2D eigenvalue weighted by Crippen LogP contribution is 2.30. The summed E-state index contributed by atoms with van der Waals surface area (Å²) in [5.41, 5.74) is 1.29. The van der Waals surface area contributed by atoms with Crippen LogP contribution < -0.4 is 4.74 Å². The van der Waals surface area contributed by atoms with Crippen molar-refractivity contribution in [2.75, 3.05) is 26.0 Å². The van der Waals surface area contributed by atoms with Crippen LogP contribution in [-0.4, -0.2) is 42.0 Å². The molecular formula is C21H31NO2S. The standard InChI is InChI=1S/C21H31NO2S/c1-24-20-10-6-5-9-18(20)11-12-21-22(15-16-25-21)14-13-19(23)17-7-3-2-4-8-17/h5-6,9-10,17,21H,2-4,7-8,11-16H2,1H3/t21-/m0/s1. The highest BCUT2D eigenvalue weighted by molar-refractivity contribution is 8.00. The van der Waals surface area contributed by atoms with E-state index < -0.39 is 0 Å². The monoisotopic (exact) mass is 361 g/mol. The van der Waals surface area contributed by atoms with Gasteiger partial charge in [-0.3, -0.25) is 9.69 Å². The van der Waals surface area contributed by atoms with Gasteiger partial charge in [0, 0.05) is 31.2 Å². The van der Waals surface area contributed by atoms with Crippen molar-refractivity contribution in [2.45, 2.75) is 56.7 Å². The van der Waals surface area contributed by atoms with E-state index in [4.69, 9.17) is 4.74 Å². The van der Waals surface area contributed by atoms with Crippen LogP contribution in [0.2, 0.25) is 0 Å². The van der Waals surface area contributed by atoms with Crippen molar-refractivity contribution < 1.29 is 9.53 Å². The van der Waals surface area contributed by atoms with Crippen molar-refractivity contribution in [3.63, 3.8) is 0 Å². The molecule has 0 aromatic heterocycles. The first kappa shape index (κ1) is 18.8. The fourth-order valence-corrected chi connectivity index (χ4v) is 5.47. The minimum atomic E-state index is 0.357. The van der Waals surface area contributed by atoms with E-state index in [1.54, 1.807) is 7.11 Å². The average molecular weight is 362 g/mol. The molecule has 1 aliphatic heterocycles. The molecule has 1 saturated carbocycles. The van der Waals surface area contributed by atoms with Crippen molar-refractivity contribution in [3.8, 4) is 5.75 Å². The maximum atomic E-state index is 12.5. The summed E-state index contributed by atoms with van der Waals surface area (Å²) in [5, 5.41) is 0.545. The fourth-order valence-electron chi connectivity index (χ4n) is 4.15. The smallest absolute Gasteiger partial charge is 0.137 e. The van der Waals surface area contributed by atoms with E-state index in [1.165, 1.54) is 30.6 Å². The molecule has 0 spiro atoms. The van der Waals surface area contributed by atoms with Crippen molar-refractivity contribution >= 4 is 17.5 Å². The van der Waals surface area contributed by atoms with Gasteiger partial charge in [0.2, 0.25) is 0 Å². The first-order valence-corrected chi connectivity index (χ1v) is 10.8. The molecule has 1 aromatic carbocycles. The molecular weight excluding hydrogens is 330 g/mol. The van der Waals surface area contributed by atoms with Gasteiger partial charge < -0.3 is 4.74 Å². The molecule has 0 bridgehead atoms. The van der Waals surface area contributed by atoms with Gasteiger partial charge >= 0.3 is 0 Å². The molecule has 1 saturated heterocycles. The van der Waals surface area contributed by atoms with Crippen LogP contribution in [0.3, 0.4) is 0 Å². The molecule has 0 N–H and O–H groups in total. The van der Waals surface area contributed by atoms with Gasteiger partial charge in [-0.05, 0) is 37.3 Å². The lowest BCUT2D eigenvalue weighted by molar-refractivity contribution is -0.124. The molecule has 1 aromatic rings. The maximum absolute atomic E-state index is 12.5. The van der Waals surface area contributed by atoms with Crippen LogP contribution in [0.15, 0.2) is 24.3 Å². The Morgan fingerprint density at radius 2 is 2.04 bits per heavy atom. The Kier molecular flexibility index (Phi) is 7.23. The minimum Gasteiger partial charge on any atom is -0.496 e. The number of carbonyl (C=O) groups excluding carboxylic acids is 1. The Hall–Kier alpha value is -1.00. The maximum Gasteiger partial charge on any atom is 0.137 e. The van der Waals surface area contributed by atoms with Crippen molar-refractivity contribution in [1.29, 1.82) is 0 Å². The molecule has 0 radical (unpaired) electrons. The number of rotatable bonds is 8. The number of carbonyl (C=O) groups is 1. The number of ketones is 1. The third kappa shape index (κ3) is 5.24. The molecule has 2 fully saturated rings. The second-order valence-electron chi connectivity index (χ2n) is 7.26. The summed E-state index contributed by atoms with van der Waals surface area (Å²) in [6.45, 7) is 2.07. The van der Waals surface area contributed by atoms with Gasteiger partial charge in [0.1, 0.15) is 11.5 Å². The van der Waals surface area contributed by atoms with E-state index >= 15 is 0 Å². The summed E-state index contributed by atoms with van der Waals surface area (Å²) >= 11 is 2.04. The average Bonchev–Trinajstić information content (AvgIpc) is 3.12. The van der Waals surface area contributed by atoms with Crippen LogP contribution in [0.1, 0.15) is 50.5 Å². The summed E-state index contributed by atoms with van der Waals surface area (Å²) in [4.78, 5) is 15.0. The summed E-state index contributed by atoms with van der Waals surface area (Å²) in [6.07, 6.45) is 8.98. The first-order chi connectivity index (χ1) is 12.3. The fraction of sp³-hybridized carbons (Fsp3) is 0.667. The van der Waals surface area contributed by atoms with Crippen LogP contribution in [-0.2, 0) is 11.2 Å². The lowest BCUT2D eigenvalue weighted by Crippen LogP contribution is -2.32. The largest absolute Gasteiger partial charge is 0.496 e. The normalized spacial score (nSPS) is 22.2. The Labute approximate surface area is 156 Å². The SMILES string of the molecule is COc1ccccc1CC[C@@H]1SCCN1CCC(=O)C1CCCCC1. The Bertz CT molecular complexity index is 557.